The minimum atomic E-state index is 0.176. The van der Waals surface area contributed by atoms with Crippen molar-refractivity contribution >= 4 is 0 Å². The van der Waals surface area contributed by atoms with Gasteiger partial charge in [0, 0.05) is 25.2 Å². The standard InChI is InChI=1S/C15H32N2O/c1-5-14(6-2)11-17(7-3)15(12-16)8-9-18-13(4)10-15/h13-14H,5-12,16H2,1-4H3. The summed E-state index contributed by atoms with van der Waals surface area (Å²) in [6.07, 6.45) is 5.04. The normalized spacial score (nSPS) is 29.2. The summed E-state index contributed by atoms with van der Waals surface area (Å²) in [4.78, 5) is 2.63. The summed E-state index contributed by atoms with van der Waals surface area (Å²) in [5.41, 5.74) is 6.31. The molecular weight excluding hydrogens is 224 g/mol. The maximum Gasteiger partial charge on any atom is 0.0565 e. The van der Waals surface area contributed by atoms with E-state index in [1.807, 2.05) is 0 Å². The Balaban J connectivity index is 2.75. The fraction of sp³-hybridized carbons (Fsp3) is 1.00. The average molecular weight is 256 g/mol. The van der Waals surface area contributed by atoms with Crippen LogP contribution in [-0.2, 0) is 4.74 Å². The third-order valence-corrected chi connectivity index (χ3v) is 4.70. The maximum absolute atomic E-state index is 6.14. The van der Waals surface area contributed by atoms with Crippen molar-refractivity contribution in [1.29, 1.82) is 0 Å². The summed E-state index contributed by atoms with van der Waals surface area (Å²) in [6, 6.07) is 0. The molecule has 3 heteroatoms. The van der Waals surface area contributed by atoms with Crippen molar-refractivity contribution in [3.05, 3.63) is 0 Å². The highest BCUT2D eigenvalue weighted by Gasteiger charge is 2.39. The first kappa shape index (κ1) is 15.9. The van der Waals surface area contributed by atoms with Crippen LogP contribution in [0.4, 0.5) is 0 Å². The first-order valence-corrected chi connectivity index (χ1v) is 7.68. The third-order valence-electron chi connectivity index (χ3n) is 4.70. The van der Waals surface area contributed by atoms with E-state index in [0.29, 0.717) is 6.10 Å². The molecule has 0 bridgehead atoms. The summed E-state index contributed by atoms with van der Waals surface area (Å²) >= 11 is 0. The first-order valence-electron chi connectivity index (χ1n) is 7.68. The summed E-state index contributed by atoms with van der Waals surface area (Å²) in [5, 5.41) is 0. The minimum Gasteiger partial charge on any atom is -0.378 e. The molecule has 18 heavy (non-hydrogen) atoms. The van der Waals surface area contributed by atoms with Crippen LogP contribution < -0.4 is 5.73 Å². The lowest BCUT2D eigenvalue weighted by molar-refractivity contribution is -0.0665. The molecule has 108 valence electrons. The van der Waals surface area contributed by atoms with Gasteiger partial charge in [-0.25, -0.2) is 0 Å². The molecule has 1 aliphatic heterocycles. The molecule has 0 amide bonds. The molecule has 2 atom stereocenters. The number of ether oxygens (including phenoxy) is 1. The Hall–Kier alpha value is -0.120. The van der Waals surface area contributed by atoms with Gasteiger partial charge in [-0.3, -0.25) is 4.90 Å². The summed E-state index contributed by atoms with van der Waals surface area (Å²) in [6.45, 7) is 12.9. The molecule has 1 heterocycles. The quantitative estimate of drug-likeness (QED) is 0.761. The number of rotatable bonds is 7. The van der Waals surface area contributed by atoms with Gasteiger partial charge in [0.2, 0.25) is 0 Å². The van der Waals surface area contributed by atoms with Gasteiger partial charge in [0.05, 0.1) is 6.10 Å². The van der Waals surface area contributed by atoms with Crippen LogP contribution in [0.2, 0.25) is 0 Å². The van der Waals surface area contributed by atoms with E-state index < -0.39 is 0 Å². The van der Waals surface area contributed by atoms with Crippen molar-refractivity contribution in [2.45, 2.75) is 65.0 Å². The molecule has 2 N–H and O–H groups in total. The van der Waals surface area contributed by atoms with E-state index in [9.17, 15) is 0 Å². The topological polar surface area (TPSA) is 38.5 Å². The van der Waals surface area contributed by atoms with Gasteiger partial charge in [-0.15, -0.1) is 0 Å². The average Bonchev–Trinajstić information content (AvgIpc) is 2.40. The molecule has 3 nitrogen and oxygen atoms in total. The predicted molar refractivity (Wildman–Crippen MR) is 77.8 cm³/mol. The van der Waals surface area contributed by atoms with Crippen molar-refractivity contribution in [2.24, 2.45) is 11.7 Å². The van der Waals surface area contributed by atoms with Gasteiger partial charge in [0.25, 0.3) is 0 Å². The van der Waals surface area contributed by atoms with Crippen molar-refractivity contribution in [3.63, 3.8) is 0 Å². The number of nitrogens with two attached hydrogens (primary N) is 1. The largest absolute Gasteiger partial charge is 0.378 e. The van der Waals surface area contributed by atoms with Crippen LogP contribution in [0.5, 0.6) is 0 Å². The lowest BCUT2D eigenvalue weighted by atomic mass is 9.84. The Kier molecular flexibility index (Phi) is 6.61. The molecule has 1 fully saturated rings. The Morgan fingerprint density at radius 1 is 1.33 bits per heavy atom. The number of hydrogen-bond donors (Lipinski definition) is 1. The molecular formula is C15H32N2O. The van der Waals surface area contributed by atoms with E-state index in [1.165, 1.54) is 19.4 Å². The Bertz CT molecular complexity index is 231. The summed E-state index contributed by atoms with van der Waals surface area (Å²) < 4.78 is 5.70. The second-order valence-corrected chi connectivity index (χ2v) is 5.79. The second-order valence-electron chi connectivity index (χ2n) is 5.79. The van der Waals surface area contributed by atoms with Gasteiger partial charge in [0.1, 0.15) is 0 Å². The van der Waals surface area contributed by atoms with Gasteiger partial charge < -0.3 is 10.5 Å². The molecule has 0 radical (unpaired) electrons. The van der Waals surface area contributed by atoms with Crippen molar-refractivity contribution < 1.29 is 4.74 Å². The summed E-state index contributed by atoms with van der Waals surface area (Å²) in [5.74, 6) is 0.798. The zero-order valence-electron chi connectivity index (χ0n) is 12.7. The fourth-order valence-corrected chi connectivity index (χ4v) is 3.26. The molecule has 1 rings (SSSR count). The van der Waals surface area contributed by atoms with E-state index >= 15 is 0 Å². The van der Waals surface area contributed by atoms with E-state index in [-0.39, 0.29) is 5.54 Å². The predicted octanol–water partition coefficient (Wildman–Crippen LogP) is 2.64. The second kappa shape index (κ2) is 7.46. The smallest absolute Gasteiger partial charge is 0.0565 e. The van der Waals surface area contributed by atoms with Crippen LogP contribution >= 0.6 is 0 Å². The van der Waals surface area contributed by atoms with Crippen LogP contribution in [0.15, 0.2) is 0 Å². The highest BCUT2D eigenvalue weighted by atomic mass is 16.5. The number of likely N-dealkylation sites (N-methyl/N-ethyl adjacent to an activating group) is 1. The van der Waals surface area contributed by atoms with Gasteiger partial charge in [-0.2, -0.15) is 0 Å². The molecule has 0 aromatic carbocycles. The van der Waals surface area contributed by atoms with E-state index in [1.54, 1.807) is 0 Å². The van der Waals surface area contributed by atoms with Gasteiger partial charge in [-0.05, 0) is 32.2 Å². The Morgan fingerprint density at radius 2 is 2.00 bits per heavy atom. The third kappa shape index (κ3) is 3.69. The molecule has 2 unspecified atom stereocenters. The zero-order valence-corrected chi connectivity index (χ0v) is 12.7. The fourth-order valence-electron chi connectivity index (χ4n) is 3.26. The Morgan fingerprint density at radius 3 is 2.44 bits per heavy atom. The molecule has 0 spiro atoms. The maximum atomic E-state index is 6.14. The van der Waals surface area contributed by atoms with Crippen molar-refractivity contribution in [3.8, 4) is 0 Å². The van der Waals surface area contributed by atoms with Crippen LogP contribution in [0.3, 0.4) is 0 Å². The van der Waals surface area contributed by atoms with E-state index in [0.717, 1.165) is 38.5 Å². The molecule has 0 aromatic heterocycles. The van der Waals surface area contributed by atoms with Crippen molar-refractivity contribution in [2.75, 3.05) is 26.2 Å². The van der Waals surface area contributed by atoms with Crippen LogP contribution in [0.1, 0.15) is 53.4 Å². The van der Waals surface area contributed by atoms with Gasteiger partial charge in [0.15, 0.2) is 0 Å². The van der Waals surface area contributed by atoms with Crippen LogP contribution in [0, 0.1) is 5.92 Å². The minimum absolute atomic E-state index is 0.176. The first-order chi connectivity index (χ1) is 8.61. The van der Waals surface area contributed by atoms with Crippen LogP contribution in [0.25, 0.3) is 0 Å². The zero-order chi connectivity index (χ0) is 13.6. The highest BCUT2D eigenvalue weighted by molar-refractivity contribution is 4.95. The number of nitrogens with zero attached hydrogens (tertiary/aromatic N) is 1. The highest BCUT2D eigenvalue weighted by Crippen LogP contribution is 2.31. The van der Waals surface area contributed by atoms with E-state index in [2.05, 4.69) is 32.6 Å². The lowest BCUT2D eigenvalue weighted by Crippen LogP contribution is -2.59. The molecule has 1 saturated heterocycles. The lowest BCUT2D eigenvalue weighted by Gasteiger charge is -2.48. The molecule has 0 aliphatic carbocycles. The van der Waals surface area contributed by atoms with Gasteiger partial charge >= 0.3 is 0 Å². The SMILES string of the molecule is CCC(CC)CN(CC)C1(CN)CCOC(C)C1. The van der Waals surface area contributed by atoms with E-state index in [4.69, 9.17) is 10.5 Å². The molecule has 0 saturated carbocycles. The van der Waals surface area contributed by atoms with Crippen LogP contribution in [-0.4, -0.2) is 42.8 Å². The summed E-state index contributed by atoms with van der Waals surface area (Å²) in [7, 11) is 0. The van der Waals surface area contributed by atoms with Crippen molar-refractivity contribution in [1.82, 2.24) is 4.90 Å². The number of hydrogen-bond acceptors (Lipinski definition) is 3. The molecule has 1 aliphatic rings. The molecule has 0 aromatic rings. The van der Waals surface area contributed by atoms with Gasteiger partial charge in [-0.1, -0.05) is 33.6 Å². The Labute approximate surface area is 113 Å². The monoisotopic (exact) mass is 256 g/mol.